The quantitative estimate of drug-likeness (QED) is 0.429. The third-order valence-electron chi connectivity index (χ3n) is 3.93. The molecule has 0 aliphatic carbocycles. The molecule has 3 rings (SSSR count). The monoisotopic (exact) mass is 433 g/mol. The van der Waals surface area contributed by atoms with E-state index >= 15 is 0 Å². The van der Waals surface area contributed by atoms with Crippen molar-refractivity contribution in [3.8, 4) is 0 Å². The predicted octanol–water partition coefficient (Wildman–Crippen LogP) is 4.86. The Kier molecular flexibility index (Phi) is 6.78. The average Bonchev–Trinajstić information content (AvgIpc) is 2.65. The molecule has 0 spiro atoms. The number of halogens is 2. The number of hydrogen-bond donors (Lipinski definition) is 2. The Bertz CT molecular complexity index is 1050. The van der Waals surface area contributed by atoms with E-state index < -0.39 is 0 Å². The Morgan fingerprint density at radius 3 is 2.57 bits per heavy atom. The Morgan fingerprint density at radius 1 is 1.14 bits per heavy atom. The molecule has 28 heavy (non-hydrogen) atoms. The third kappa shape index (κ3) is 5.61. The second-order valence-corrected chi connectivity index (χ2v) is 7.92. The van der Waals surface area contributed by atoms with Crippen LogP contribution in [0.15, 0.2) is 58.5 Å². The van der Waals surface area contributed by atoms with Gasteiger partial charge < -0.3 is 10.3 Å². The number of nitrogens with one attached hydrogen (secondary N) is 2. The van der Waals surface area contributed by atoms with Crippen molar-refractivity contribution in [3.63, 3.8) is 0 Å². The number of hydrogen-bond acceptors (Lipinski definition) is 4. The van der Waals surface area contributed by atoms with Crippen LogP contribution in [-0.4, -0.2) is 15.9 Å². The summed E-state index contributed by atoms with van der Waals surface area (Å²) in [6.45, 7) is 1.73. The van der Waals surface area contributed by atoms with Crippen molar-refractivity contribution in [1.29, 1.82) is 0 Å². The van der Waals surface area contributed by atoms with Crippen LogP contribution in [0.25, 0.3) is 0 Å². The van der Waals surface area contributed by atoms with Crippen LogP contribution < -0.4 is 10.9 Å². The van der Waals surface area contributed by atoms with Gasteiger partial charge in [-0.1, -0.05) is 47.1 Å². The molecule has 0 saturated carbocycles. The summed E-state index contributed by atoms with van der Waals surface area (Å²) >= 11 is 13.2. The number of aromatic nitrogens is 2. The first-order valence-corrected chi connectivity index (χ1v) is 10.2. The SMILES string of the molecule is Cc1nc(SCc2cccc(Cl)c2)[nH]c(=O)c1CC(=O)Nc1ccc(Cl)cc1. The number of aryl methyl sites for hydroxylation is 1. The maximum atomic E-state index is 12.4. The van der Waals surface area contributed by atoms with Crippen LogP contribution in [0.4, 0.5) is 5.69 Å². The summed E-state index contributed by atoms with van der Waals surface area (Å²) in [4.78, 5) is 31.9. The fourth-order valence-corrected chi connectivity index (χ4v) is 3.73. The van der Waals surface area contributed by atoms with E-state index in [-0.39, 0.29) is 17.9 Å². The fraction of sp³-hybridized carbons (Fsp3) is 0.150. The van der Waals surface area contributed by atoms with Crippen molar-refractivity contribution >= 4 is 46.6 Å². The van der Waals surface area contributed by atoms with Gasteiger partial charge in [-0.25, -0.2) is 4.98 Å². The molecule has 0 aliphatic rings. The van der Waals surface area contributed by atoms with E-state index in [0.29, 0.717) is 37.9 Å². The number of nitrogens with zero attached hydrogens (tertiary/aromatic N) is 1. The van der Waals surface area contributed by atoms with Gasteiger partial charge in [-0.3, -0.25) is 9.59 Å². The van der Waals surface area contributed by atoms with Crippen molar-refractivity contribution in [2.75, 3.05) is 5.32 Å². The first-order chi connectivity index (χ1) is 13.4. The van der Waals surface area contributed by atoms with E-state index in [2.05, 4.69) is 15.3 Å². The van der Waals surface area contributed by atoms with Crippen molar-refractivity contribution in [3.05, 3.63) is 85.8 Å². The highest BCUT2D eigenvalue weighted by molar-refractivity contribution is 7.98. The first-order valence-electron chi connectivity index (χ1n) is 8.43. The van der Waals surface area contributed by atoms with Gasteiger partial charge in [0.15, 0.2) is 5.16 Å². The topological polar surface area (TPSA) is 74.8 Å². The summed E-state index contributed by atoms with van der Waals surface area (Å²) in [5.41, 5.74) is 2.21. The molecular formula is C20H17Cl2N3O2S. The lowest BCUT2D eigenvalue weighted by atomic mass is 10.1. The lowest BCUT2D eigenvalue weighted by molar-refractivity contribution is -0.115. The molecule has 0 saturated heterocycles. The van der Waals surface area contributed by atoms with Crippen LogP contribution in [0.2, 0.25) is 10.0 Å². The smallest absolute Gasteiger partial charge is 0.255 e. The van der Waals surface area contributed by atoms with E-state index in [1.54, 1.807) is 31.2 Å². The maximum Gasteiger partial charge on any atom is 0.255 e. The fourth-order valence-electron chi connectivity index (χ4n) is 2.54. The zero-order valence-electron chi connectivity index (χ0n) is 15.0. The van der Waals surface area contributed by atoms with E-state index in [0.717, 1.165) is 5.56 Å². The lowest BCUT2D eigenvalue weighted by Gasteiger charge is -2.08. The second-order valence-electron chi connectivity index (χ2n) is 6.09. The van der Waals surface area contributed by atoms with Gasteiger partial charge in [-0.2, -0.15) is 0 Å². The second kappa shape index (κ2) is 9.28. The van der Waals surface area contributed by atoms with Gasteiger partial charge in [-0.15, -0.1) is 0 Å². The van der Waals surface area contributed by atoms with Gasteiger partial charge in [0.1, 0.15) is 0 Å². The zero-order chi connectivity index (χ0) is 20.1. The van der Waals surface area contributed by atoms with Gasteiger partial charge in [0, 0.05) is 32.7 Å². The van der Waals surface area contributed by atoms with Crippen LogP contribution >= 0.6 is 35.0 Å². The molecule has 0 aliphatic heterocycles. The van der Waals surface area contributed by atoms with Gasteiger partial charge in [0.2, 0.25) is 5.91 Å². The van der Waals surface area contributed by atoms with Gasteiger partial charge in [0.25, 0.3) is 5.56 Å². The number of rotatable bonds is 6. The van der Waals surface area contributed by atoms with Crippen molar-refractivity contribution in [1.82, 2.24) is 9.97 Å². The van der Waals surface area contributed by atoms with Crippen LogP contribution in [0.5, 0.6) is 0 Å². The number of carbonyl (C=O) groups is 1. The molecule has 5 nitrogen and oxygen atoms in total. The van der Waals surface area contributed by atoms with Crippen molar-refractivity contribution in [2.45, 2.75) is 24.3 Å². The molecule has 0 unspecified atom stereocenters. The van der Waals surface area contributed by atoms with E-state index in [1.807, 2.05) is 24.3 Å². The first kappa shape index (κ1) is 20.5. The predicted molar refractivity (Wildman–Crippen MR) is 114 cm³/mol. The highest BCUT2D eigenvalue weighted by atomic mass is 35.5. The Morgan fingerprint density at radius 2 is 1.89 bits per heavy atom. The minimum absolute atomic E-state index is 0.0595. The molecule has 8 heteroatoms. The van der Waals surface area contributed by atoms with Gasteiger partial charge in [-0.05, 0) is 48.9 Å². The van der Waals surface area contributed by atoms with Crippen molar-refractivity contribution < 1.29 is 4.79 Å². The van der Waals surface area contributed by atoms with Crippen LogP contribution in [0.3, 0.4) is 0 Å². The summed E-state index contributed by atoms with van der Waals surface area (Å²) < 4.78 is 0. The molecule has 2 aromatic carbocycles. The largest absolute Gasteiger partial charge is 0.326 e. The number of benzene rings is 2. The number of H-pyrrole nitrogens is 1. The summed E-state index contributed by atoms with van der Waals surface area (Å²) in [5, 5.41) is 4.50. The Balaban J connectivity index is 1.66. The molecule has 1 aromatic heterocycles. The average molecular weight is 434 g/mol. The summed E-state index contributed by atoms with van der Waals surface area (Å²) in [6.07, 6.45) is -0.0595. The standard InChI is InChI=1S/C20H17Cl2N3O2S/c1-12-17(10-18(26)24-16-7-5-14(21)6-8-16)19(27)25-20(23-12)28-11-13-3-2-4-15(22)9-13/h2-9H,10-11H2,1H3,(H,24,26)(H,23,25,27). The molecule has 0 atom stereocenters. The molecule has 144 valence electrons. The van der Waals surface area contributed by atoms with Gasteiger partial charge >= 0.3 is 0 Å². The molecule has 0 radical (unpaired) electrons. The highest BCUT2D eigenvalue weighted by Gasteiger charge is 2.13. The zero-order valence-corrected chi connectivity index (χ0v) is 17.3. The van der Waals surface area contributed by atoms with E-state index in [9.17, 15) is 9.59 Å². The van der Waals surface area contributed by atoms with Crippen LogP contribution in [0, 0.1) is 6.92 Å². The summed E-state index contributed by atoms with van der Waals surface area (Å²) in [5.74, 6) is 0.330. The summed E-state index contributed by atoms with van der Waals surface area (Å²) in [7, 11) is 0. The number of carbonyl (C=O) groups excluding carboxylic acids is 1. The highest BCUT2D eigenvalue weighted by Crippen LogP contribution is 2.21. The molecule has 2 N–H and O–H groups in total. The van der Waals surface area contributed by atoms with Crippen LogP contribution in [-0.2, 0) is 17.0 Å². The Hall–Kier alpha value is -2.28. The molecule has 0 fully saturated rings. The number of anilines is 1. The van der Waals surface area contributed by atoms with Crippen molar-refractivity contribution in [2.24, 2.45) is 0 Å². The molecule has 3 aromatic rings. The number of thioether (sulfide) groups is 1. The minimum atomic E-state index is -0.313. The Labute approximate surface area is 176 Å². The molecular weight excluding hydrogens is 417 g/mol. The maximum absolute atomic E-state index is 12.4. The molecule has 1 heterocycles. The molecule has 1 amide bonds. The van der Waals surface area contributed by atoms with E-state index in [4.69, 9.17) is 23.2 Å². The van der Waals surface area contributed by atoms with Crippen LogP contribution in [0.1, 0.15) is 16.8 Å². The minimum Gasteiger partial charge on any atom is -0.326 e. The number of amides is 1. The van der Waals surface area contributed by atoms with E-state index in [1.165, 1.54) is 11.8 Å². The third-order valence-corrected chi connectivity index (χ3v) is 5.36. The number of aromatic amines is 1. The molecule has 0 bridgehead atoms. The van der Waals surface area contributed by atoms with Gasteiger partial charge in [0.05, 0.1) is 6.42 Å². The lowest BCUT2D eigenvalue weighted by Crippen LogP contribution is -2.23. The summed E-state index contributed by atoms with van der Waals surface area (Å²) in [6, 6.07) is 14.3. The normalized spacial score (nSPS) is 10.7.